The lowest BCUT2D eigenvalue weighted by Crippen LogP contribution is -2.54. The van der Waals surface area contributed by atoms with E-state index in [1.807, 2.05) is 90.9 Å². The molecule has 0 saturated carbocycles. The number of esters is 1. The number of ketones is 3. The molecule has 2 fully saturated rings. The van der Waals surface area contributed by atoms with E-state index in [0.29, 0.717) is 37.1 Å². The molecule has 2 aliphatic heterocycles. The maximum absolute atomic E-state index is 14.7. The number of nitrogens with zero attached hydrogens (tertiary/aromatic N) is 5. The Morgan fingerprint density at radius 3 is 1.80 bits per heavy atom. The van der Waals surface area contributed by atoms with E-state index in [9.17, 15) is 74.7 Å². The second-order valence-electron chi connectivity index (χ2n) is 30.5. The number of nitrogens with two attached hydrogens (primary N) is 1. The summed E-state index contributed by atoms with van der Waals surface area (Å²) in [5, 5.41) is 8.03. The Morgan fingerprint density at radius 2 is 1.26 bits per heavy atom. The van der Waals surface area contributed by atoms with Crippen LogP contribution in [0.2, 0.25) is 0 Å². The van der Waals surface area contributed by atoms with Crippen molar-refractivity contribution in [1.29, 1.82) is 0 Å². The predicted molar refractivity (Wildman–Crippen MR) is 393 cm³/mol. The van der Waals surface area contributed by atoms with Crippen LogP contribution in [0.25, 0.3) is 0 Å². The molecule has 594 valence electrons. The number of hydrogen-bond acceptors (Lipinski definition) is 15. The molecule has 2 saturated heterocycles. The fourth-order valence-electron chi connectivity index (χ4n) is 14.8. The van der Waals surface area contributed by atoms with Crippen LogP contribution in [0.5, 0.6) is 5.75 Å². The molecule has 28 heteroatoms. The van der Waals surface area contributed by atoms with E-state index < -0.39 is 136 Å². The Labute approximate surface area is 627 Å². The minimum absolute atomic E-state index is 0.00364. The van der Waals surface area contributed by atoms with Gasteiger partial charge in [-0.2, -0.15) is 8.78 Å². The van der Waals surface area contributed by atoms with Crippen molar-refractivity contribution in [3.8, 4) is 5.75 Å². The number of hydrogen-bond donors (Lipinski definition) is 4. The van der Waals surface area contributed by atoms with Gasteiger partial charge in [-0.1, -0.05) is 111 Å². The van der Waals surface area contributed by atoms with Crippen molar-refractivity contribution in [2.45, 2.75) is 202 Å². The third-order valence-corrected chi connectivity index (χ3v) is 21.4. The Hall–Kier alpha value is -8.24. The molecule has 5 N–H and O–H groups in total. The minimum Gasteiger partial charge on any atom is -0.420 e. The highest BCUT2D eigenvalue weighted by molar-refractivity contribution is 5.98. The molecule has 0 bridgehead atoms. The molecule has 5 rings (SSSR count). The van der Waals surface area contributed by atoms with Gasteiger partial charge in [0.2, 0.25) is 70.3 Å². The number of Topliss-reactive ketones (excluding diaryl/α,β-unsaturated/α-hetero) is 3. The number of piperidine rings is 1. The minimum atomic E-state index is -2.42. The van der Waals surface area contributed by atoms with Gasteiger partial charge in [-0.05, 0) is 113 Å². The number of ether oxygens (including phenoxy) is 3. The number of anilines is 1. The van der Waals surface area contributed by atoms with E-state index in [0.717, 1.165) is 5.56 Å². The van der Waals surface area contributed by atoms with Crippen LogP contribution in [-0.2, 0) is 70.4 Å². The molecular formula is C79H114F5N9O14. The summed E-state index contributed by atoms with van der Waals surface area (Å²) in [5.41, 5.74) is 5.68. The number of carbonyl (C=O) groups excluding carboxylic acids is 11. The summed E-state index contributed by atoms with van der Waals surface area (Å²) >= 11 is 0. The second-order valence-corrected chi connectivity index (χ2v) is 30.5. The number of amides is 8. The lowest BCUT2D eigenvalue weighted by Gasteiger charge is -2.41. The maximum atomic E-state index is 14.7. The Morgan fingerprint density at radius 1 is 0.664 bits per heavy atom. The summed E-state index contributed by atoms with van der Waals surface area (Å²) in [5.74, 6) is -21.6. The number of nitrogens with one attached hydrogen (secondary N) is 3. The van der Waals surface area contributed by atoms with Crippen LogP contribution in [0.4, 0.5) is 32.4 Å². The highest BCUT2D eigenvalue weighted by atomic mass is 19.2. The van der Waals surface area contributed by atoms with Crippen molar-refractivity contribution in [2.24, 2.45) is 58.5 Å². The van der Waals surface area contributed by atoms with E-state index in [-0.39, 0.29) is 150 Å². The van der Waals surface area contributed by atoms with E-state index in [1.165, 1.54) is 30.9 Å². The number of urea groups is 1. The standard InChI is InChI=1S/C79H114F5N9O14/c1-17-48(8)71(91(14)76(102)55(45(2)3)42-59(96)70(47(6)7)89(11)12)60(105-15)43-63(99)93-36-22-26-56(93)72(106-16)49(9)57(94)41-53(39-50-23-19-18-20-24-50)75(101)90(13)44-51-27-29-54(30-28-51)87-74(100)52(25-21-35-86-78(85)104)40-58(95)69(46(4)5)88-61(97)31-32-62(98)92-37-33-79(10,34-38-92)77(103)107-73-67(83)65(81)64(80)66(82)68(73)84/h18-20,23-24,27-30,45-49,52-53,55-56,60,69-72H,17,21-22,25-26,31-44H2,1-16H3,(H,87,100)(H,88,97)(H3,85,86,104)/t48-,49-,52+,53+,55-,56-,60+,69-,70-,71-,72+/m0/s1. The monoisotopic (exact) mass is 1510 g/mol. The van der Waals surface area contributed by atoms with Gasteiger partial charge in [0.15, 0.2) is 11.6 Å². The lowest BCUT2D eigenvalue weighted by molar-refractivity contribution is -0.151. The summed E-state index contributed by atoms with van der Waals surface area (Å²) in [7, 11) is 10.2. The maximum Gasteiger partial charge on any atom is 0.317 e. The number of benzene rings is 3. The summed E-state index contributed by atoms with van der Waals surface area (Å²) in [6, 6.07) is 12.8. The van der Waals surface area contributed by atoms with Gasteiger partial charge in [0, 0.05) is 123 Å². The summed E-state index contributed by atoms with van der Waals surface area (Å²) in [6.07, 6.45) is -0.336. The van der Waals surface area contributed by atoms with E-state index in [2.05, 4.69) is 20.7 Å². The summed E-state index contributed by atoms with van der Waals surface area (Å²) in [4.78, 5) is 160. The zero-order valence-electron chi connectivity index (χ0n) is 65.1. The van der Waals surface area contributed by atoms with Crippen molar-refractivity contribution in [3.05, 3.63) is 94.8 Å². The topological polar surface area (TPSA) is 294 Å². The number of rotatable bonds is 41. The number of methoxy groups -OCH3 is 2. The quantitative estimate of drug-likeness (QED) is 0.0103. The van der Waals surface area contributed by atoms with Crippen LogP contribution in [0.15, 0.2) is 54.6 Å². The van der Waals surface area contributed by atoms with E-state index >= 15 is 0 Å². The van der Waals surface area contributed by atoms with Crippen molar-refractivity contribution in [1.82, 2.24) is 35.1 Å². The van der Waals surface area contributed by atoms with Gasteiger partial charge in [-0.25, -0.2) is 18.0 Å². The predicted octanol–water partition coefficient (Wildman–Crippen LogP) is 10.0. The lowest BCUT2D eigenvalue weighted by atomic mass is 9.80. The second kappa shape index (κ2) is 41.4. The Bertz CT molecular complexity index is 3520. The first-order valence-corrected chi connectivity index (χ1v) is 37.2. The average Bonchev–Trinajstić information content (AvgIpc) is 0.806. The average molecular weight is 1510 g/mol. The summed E-state index contributed by atoms with van der Waals surface area (Å²) < 4.78 is 86.8. The van der Waals surface area contributed by atoms with Crippen LogP contribution >= 0.6 is 0 Å². The SMILES string of the molecule is CC[C@H](C)[C@@H]([C@@H](CC(=O)N1CCC[C@H]1[C@H](OC)[C@@H](C)C(=O)C[C@@H](Cc1ccccc1)C(=O)N(C)Cc1ccc(NC(=O)[C@H](CCCNC(N)=O)CC(=O)[C@@H](NC(=O)CCC(=O)N2CCC(C)(C(=O)Oc3c(F)c(F)c(F)c(F)c3F)CC2)C(C)C)cc1)OC)N(C)C(=O)[C@@H](CC(=O)[C@H](C(C)C)N(C)C)C(C)C. The molecule has 0 radical (unpaired) electrons. The molecule has 23 nitrogen and oxygen atoms in total. The largest absolute Gasteiger partial charge is 0.420 e. The first-order valence-electron chi connectivity index (χ1n) is 37.2. The highest BCUT2D eigenvalue weighted by Gasteiger charge is 2.46. The molecule has 8 amide bonds. The van der Waals surface area contributed by atoms with Gasteiger partial charge in [0.25, 0.3) is 0 Å². The molecule has 0 aliphatic carbocycles. The van der Waals surface area contributed by atoms with Crippen molar-refractivity contribution < 1.29 is 88.9 Å². The fourth-order valence-corrected chi connectivity index (χ4v) is 14.8. The number of halogens is 5. The molecule has 11 atom stereocenters. The van der Waals surface area contributed by atoms with E-state index in [1.54, 1.807) is 68.9 Å². The fraction of sp³-hybridized carbons (Fsp3) is 0.633. The van der Waals surface area contributed by atoms with Gasteiger partial charge in [-0.15, -0.1) is 0 Å². The normalized spacial score (nSPS) is 17.3. The number of likely N-dealkylation sites (N-methyl/N-ethyl adjacent to an activating group) is 2. The van der Waals surface area contributed by atoms with Crippen LogP contribution in [-0.4, -0.2) is 194 Å². The van der Waals surface area contributed by atoms with Crippen molar-refractivity contribution in [3.63, 3.8) is 0 Å². The van der Waals surface area contributed by atoms with Gasteiger partial charge in [-0.3, -0.25) is 52.8 Å². The van der Waals surface area contributed by atoms with Crippen LogP contribution in [0.1, 0.15) is 164 Å². The molecule has 0 aromatic heterocycles. The highest BCUT2D eigenvalue weighted by Crippen LogP contribution is 2.38. The molecular weight excluding hydrogens is 1390 g/mol. The smallest absolute Gasteiger partial charge is 0.317 e. The molecule has 3 aromatic carbocycles. The Kier molecular flexibility index (Phi) is 34.6. The zero-order valence-corrected chi connectivity index (χ0v) is 65.1. The van der Waals surface area contributed by atoms with Gasteiger partial charge < -0.3 is 55.5 Å². The van der Waals surface area contributed by atoms with Crippen LogP contribution < -0.4 is 26.4 Å². The first kappa shape index (κ1) is 89.4. The van der Waals surface area contributed by atoms with Crippen molar-refractivity contribution >= 4 is 70.5 Å². The number of likely N-dealkylation sites (tertiary alicyclic amines) is 2. The molecule has 2 heterocycles. The van der Waals surface area contributed by atoms with Gasteiger partial charge >= 0.3 is 12.0 Å². The number of carbonyl (C=O) groups is 11. The van der Waals surface area contributed by atoms with Gasteiger partial charge in [0.1, 0.15) is 5.78 Å². The zero-order chi connectivity index (χ0) is 80.1. The molecule has 107 heavy (non-hydrogen) atoms. The van der Waals surface area contributed by atoms with E-state index in [4.69, 9.17) is 15.2 Å². The summed E-state index contributed by atoms with van der Waals surface area (Å²) in [6.45, 7) is 18.9. The van der Waals surface area contributed by atoms with Crippen molar-refractivity contribution in [2.75, 3.05) is 73.9 Å². The van der Waals surface area contributed by atoms with Crippen LogP contribution in [0.3, 0.4) is 0 Å². The first-order chi connectivity index (χ1) is 50.3. The molecule has 2 aliphatic rings. The third-order valence-electron chi connectivity index (χ3n) is 21.4. The number of primary amides is 1. The molecule has 3 aromatic rings. The third kappa shape index (κ3) is 24.4. The molecule has 0 spiro atoms. The van der Waals surface area contributed by atoms with Crippen LogP contribution in [0, 0.1) is 81.8 Å². The Balaban J connectivity index is 1.22. The molecule has 0 unspecified atom stereocenters. The van der Waals surface area contributed by atoms with Gasteiger partial charge in [0.05, 0.1) is 48.2 Å².